The van der Waals surface area contributed by atoms with Gasteiger partial charge in [0.25, 0.3) is 0 Å². The van der Waals surface area contributed by atoms with E-state index in [2.05, 4.69) is 24.0 Å². The zero-order chi connectivity index (χ0) is 13.7. The first-order chi connectivity index (χ1) is 9.24. The quantitative estimate of drug-likeness (QED) is 0.846. The fourth-order valence-corrected chi connectivity index (χ4v) is 2.94. The van der Waals surface area contributed by atoms with E-state index < -0.39 is 0 Å². The van der Waals surface area contributed by atoms with E-state index in [1.165, 1.54) is 32.1 Å². The summed E-state index contributed by atoms with van der Waals surface area (Å²) in [4.78, 5) is 4.53. The molecule has 2 N–H and O–H groups in total. The van der Waals surface area contributed by atoms with Gasteiger partial charge in [-0.3, -0.25) is 0 Å². The molecule has 0 bridgehead atoms. The molecule has 1 saturated carbocycles. The summed E-state index contributed by atoms with van der Waals surface area (Å²) >= 11 is 0. The van der Waals surface area contributed by atoms with Gasteiger partial charge in [-0.15, -0.1) is 0 Å². The van der Waals surface area contributed by atoms with Crippen molar-refractivity contribution in [1.82, 2.24) is 10.1 Å². The van der Waals surface area contributed by atoms with Crippen LogP contribution in [0.2, 0.25) is 0 Å². The SMILES string of the molecule is CCCC[C@H](N)c1nc(C2CCC(CC)CC2)no1. The molecule has 1 aromatic heterocycles. The highest BCUT2D eigenvalue weighted by Gasteiger charge is 2.26. The summed E-state index contributed by atoms with van der Waals surface area (Å²) in [5, 5.41) is 4.15. The number of hydrogen-bond acceptors (Lipinski definition) is 4. The molecule has 1 fully saturated rings. The molecule has 108 valence electrons. The largest absolute Gasteiger partial charge is 0.338 e. The van der Waals surface area contributed by atoms with E-state index in [4.69, 9.17) is 10.3 Å². The number of nitrogens with zero attached hydrogens (tertiary/aromatic N) is 2. The summed E-state index contributed by atoms with van der Waals surface area (Å²) < 4.78 is 5.34. The molecule has 0 saturated heterocycles. The van der Waals surface area contributed by atoms with Crippen molar-refractivity contribution in [2.45, 2.75) is 77.2 Å². The van der Waals surface area contributed by atoms with Gasteiger partial charge in [-0.2, -0.15) is 4.98 Å². The molecule has 0 spiro atoms. The second-order valence-electron chi connectivity index (χ2n) is 5.87. The van der Waals surface area contributed by atoms with Gasteiger partial charge in [-0.1, -0.05) is 38.3 Å². The molecule has 1 aliphatic rings. The highest BCUT2D eigenvalue weighted by molar-refractivity contribution is 4.99. The maximum absolute atomic E-state index is 6.07. The lowest BCUT2D eigenvalue weighted by molar-refractivity contribution is 0.300. The van der Waals surface area contributed by atoms with Crippen LogP contribution in [0.25, 0.3) is 0 Å². The predicted molar refractivity (Wildman–Crippen MR) is 75.7 cm³/mol. The third kappa shape index (κ3) is 3.78. The van der Waals surface area contributed by atoms with Crippen molar-refractivity contribution in [2.24, 2.45) is 11.7 Å². The van der Waals surface area contributed by atoms with Gasteiger partial charge in [0, 0.05) is 5.92 Å². The molecule has 2 rings (SSSR count). The van der Waals surface area contributed by atoms with Gasteiger partial charge in [0.05, 0.1) is 6.04 Å². The standard InChI is InChI=1S/C15H27N3O/c1-3-5-6-13(16)15-17-14(18-19-15)12-9-7-11(4-2)8-10-12/h11-13H,3-10,16H2,1-2H3/t11?,12?,13-/m0/s1. The fraction of sp³-hybridized carbons (Fsp3) is 0.867. The maximum atomic E-state index is 6.07. The molecule has 19 heavy (non-hydrogen) atoms. The van der Waals surface area contributed by atoms with Crippen molar-refractivity contribution in [3.05, 3.63) is 11.7 Å². The van der Waals surface area contributed by atoms with E-state index in [1.807, 2.05) is 0 Å². The number of unbranched alkanes of at least 4 members (excludes halogenated alkanes) is 1. The number of nitrogens with two attached hydrogens (primary N) is 1. The Balaban J connectivity index is 1.90. The summed E-state index contributed by atoms with van der Waals surface area (Å²) in [7, 11) is 0. The van der Waals surface area contributed by atoms with Gasteiger partial charge in [0.15, 0.2) is 5.82 Å². The highest BCUT2D eigenvalue weighted by Crippen LogP contribution is 2.36. The summed E-state index contributed by atoms with van der Waals surface area (Å²) in [6, 6.07) is -0.0896. The van der Waals surface area contributed by atoms with E-state index in [-0.39, 0.29) is 6.04 Å². The molecule has 0 unspecified atom stereocenters. The van der Waals surface area contributed by atoms with Crippen LogP contribution in [-0.2, 0) is 0 Å². The molecule has 1 heterocycles. The molecule has 4 heteroatoms. The summed E-state index contributed by atoms with van der Waals surface area (Å²) in [6.07, 6.45) is 9.48. The van der Waals surface area contributed by atoms with Crippen LogP contribution in [0.5, 0.6) is 0 Å². The molecule has 4 nitrogen and oxygen atoms in total. The van der Waals surface area contributed by atoms with Crippen LogP contribution in [0.3, 0.4) is 0 Å². The van der Waals surface area contributed by atoms with Crippen molar-refractivity contribution < 1.29 is 4.52 Å². The fourth-order valence-electron chi connectivity index (χ4n) is 2.94. The molecule has 1 aromatic rings. The Morgan fingerprint density at radius 1 is 1.26 bits per heavy atom. The Bertz CT molecular complexity index is 369. The second kappa shape index (κ2) is 7.04. The smallest absolute Gasteiger partial charge is 0.243 e. The molecule has 0 aliphatic heterocycles. The molecular weight excluding hydrogens is 238 g/mol. The van der Waals surface area contributed by atoms with Crippen molar-refractivity contribution in [3.63, 3.8) is 0 Å². The van der Waals surface area contributed by atoms with Crippen LogP contribution in [0, 0.1) is 5.92 Å². The van der Waals surface area contributed by atoms with Crippen LogP contribution in [0.15, 0.2) is 4.52 Å². The summed E-state index contributed by atoms with van der Waals surface area (Å²) in [6.45, 7) is 4.45. The molecule has 0 radical (unpaired) electrons. The monoisotopic (exact) mass is 265 g/mol. The Morgan fingerprint density at radius 3 is 2.63 bits per heavy atom. The molecule has 0 amide bonds. The first kappa shape index (κ1) is 14.5. The molecular formula is C15H27N3O. The minimum absolute atomic E-state index is 0.0896. The highest BCUT2D eigenvalue weighted by atomic mass is 16.5. The minimum atomic E-state index is -0.0896. The molecule has 1 aliphatic carbocycles. The minimum Gasteiger partial charge on any atom is -0.338 e. The van der Waals surface area contributed by atoms with Crippen LogP contribution in [0.4, 0.5) is 0 Å². The van der Waals surface area contributed by atoms with Crippen molar-refractivity contribution in [3.8, 4) is 0 Å². The van der Waals surface area contributed by atoms with Crippen molar-refractivity contribution in [1.29, 1.82) is 0 Å². The lowest BCUT2D eigenvalue weighted by atomic mass is 9.80. The van der Waals surface area contributed by atoms with Gasteiger partial charge in [-0.25, -0.2) is 0 Å². The van der Waals surface area contributed by atoms with Gasteiger partial charge >= 0.3 is 0 Å². The second-order valence-corrected chi connectivity index (χ2v) is 5.87. The Labute approximate surface area is 116 Å². The first-order valence-corrected chi connectivity index (χ1v) is 7.83. The summed E-state index contributed by atoms with van der Waals surface area (Å²) in [5.74, 6) is 2.89. The predicted octanol–water partition coefficient (Wildman–Crippen LogP) is 3.94. The van der Waals surface area contributed by atoms with Crippen LogP contribution >= 0.6 is 0 Å². The van der Waals surface area contributed by atoms with E-state index in [1.54, 1.807) is 0 Å². The van der Waals surface area contributed by atoms with Crippen molar-refractivity contribution >= 4 is 0 Å². The zero-order valence-corrected chi connectivity index (χ0v) is 12.3. The molecule has 0 aromatic carbocycles. The third-order valence-electron chi connectivity index (χ3n) is 4.43. The van der Waals surface area contributed by atoms with Crippen LogP contribution < -0.4 is 5.73 Å². The average molecular weight is 265 g/mol. The Hall–Kier alpha value is -0.900. The van der Waals surface area contributed by atoms with Crippen molar-refractivity contribution in [2.75, 3.05) is 0 Å². The molecule has 1 atom stereocenters. The van der Waals surface area contributed by atoms with Gasteiger partial charge in [0.2, 0.25) is 5.89 Å². The Kier molecular flexibility index (Phi) is 5.37. The number of hydrogen-bond donors (Lipinski definition) is 1. The lowest BCUT2D eigenvalue weighted by Gasteiger charge is -2.25. The first-order valence-electron chi connectivity index (χ1n) is 7.83. The van der Waals surface area contributed by atoms with E-state index in [0.717, 1.165) is 31.0 Å². The maximum Gasteiger partial charge on any atom is 0.243 e. The van der Waals surface area contributed by atoms with E-state index in [9.17, 15) is 0 Å². The van der Waals surface area contributed by atoms with Gasteiger partial charge in [-0.05, 0) is 38.0 Å². The van der Waals surface area contributed by atoms with Gasteiger partial charge in [0.1, 0.15) is 0 Å². The topological polar surface area (TPSA) is 64.9 Å². The summed E-state index contributed by atoms with van der Waals surface area (Å²) in [5.41, 5.74) is 6.07. The number of aromatic nitrogens is 2. The lowest BCUT2D eigenvalue weighted by Crippen LogP contribution is -2.14. The van der Waals surface area contributed by atoms with E-state index in [0.29, 0.717) is 11.8 Å². The van der Waals surface area contributed by atoms with Crippen LogP contribution in [-0.4, -0.2) is 10.1 Å². The zero-order valence-electron chi connectivity index (χ0n) is 12.3. The third-order valence-corrected chi connectivity index (χ3v) is 4.43. The van der Waals surface area contributed by atoms with Crippen LogP contribution in [0.1, 0.15) is 88.9 Å². The van der Waals surface area contributed by atoms with E-state index >= 15 is 0 Å². The number of rotatable bonds is 6. The Morgan fingerprint density at radius 2 is 2.00 bits per heavy atom. The normalized spacial score (nSPS) is 25.4. The van der Waals surface area contributed by atoms with Gasteiger partial charge < -0.3 is 10.3 Å². The average Bonchev–Trinajstić information content (AvgIpc) is 2.94.